The first-order valence-corrected chi connectivity index (χ1v) is 5.80. The maximum absolute atomic E-state index is 9.23. The van der Waals surface area contributed by atoms with Crippen molar-refractivity contribution < 1.29 is 5.11 Å². The van der Waals surface area contributed by atoms with Gasteiger partial charge in [0.05, 0.1) is 0 Å². The second kappa shape index (κ2) is 3.67. The van der Waals surface area contributed by atoms with Crippen molar-refractivity contribution in [3.8, 4) is 0 Å². The fourth-order valence-corrected chi connectivity index (χ4v) is 2.06. The first-order valence-electron chi connectivity index (χ1n) is 5.01. The molecule has 2 heteroatoms. The van der Waals surface area contributed by atoms with Crippen LogP contribution in [0.2, 0.25) is 0 Å². The first kappa shape index (κ1) is 10.2. The molecular weight excluding hydrogens is 240 g/mol. The van der Waals surface area contributed by atoms with Gasteiger partial charge in [-0.3, -0.25) is 0 Å². The maximum atomic E-state index is 9.23. The molecule has 1 aromatic rings. The van der Waals surface area contributed by atoms with Gasteiger partial charge in [-0.05, 0) is 48.8 Å². The quantitative estimate of drug-likeness (QED) is 0.880. The van der Waals surface area contributed by atoms with Gasteiger partial charge in [0.15, 0.2) is 0 Å². The summed E-state index contributed by atoms with van der Waals surface area (Å²) in [5.41, 5.74) is 2.84. The van der Waals surface area contributed by atoms with E-state index in [2.05, 4.69) is 41.1 Å². The Bertz CT molecular complexity index is 342. The van der Waals surface area contributed by atoms with Crippen LogP contribution in [-0.2, 0) is 6.42 Å². The molecule has 1 nitrogen and oxygen atoms in total. The van der Waals surface area contributed by atoms with Crippen molar-refractivity contribution in [2.24, 2.45) is 5.41 Å². The molecule has 0 amide bonds. The predicted molar refractivity (Wildman–Crippen MR) is 61.3 cm³/mol. The number of halogens is 1. The summed E-state index contributed by atoms with van der Waals surface area (Å²) >= 11 is 3.49. The Morgan fingerprint density at radius 2 is 2.14 bits per heavy atom. The van der Waals surface area contributed by atoms with Crippen LogP contribution < -0.4 is 0 Å². The van der Waals surface area contributed by atoms with Gasteiger partial charge in [-0.1, -0.05) is 28.1 Å². The van der Waals surface area contributed by atoms with Crippen LogP contribution in [0.15, 0.2) is 22.7 Å². The highest BCUT2D eigenvalue weighted by Gasteiger charge is 2.41. The normalized spacial score (nSPS) is 18.2. The van der Waals surface area contributed by atoms with Crippen LogP contribution in [0, 0.1) is 12.3 Å². The SMILES string of the molecule is Cc1cc(CC2(CO)CC2)ccc1Br. The third-order valence-electron chi connectivity index (χ3n) is 3.09. The fraction of sp³-hybridized carbons (Fsp3) is 0.500. The van der Waals surface area contributed by atoms with Gasteiger partial charge in [0, 0.05) is 11.1 Å². The van der Waals surface area contributed by atoms with Crippen molar-refractivity contribution >= 4 is 15.9 Å². The largest absolute Gasteiger partial charge is 0.396 e. The Labute approximate surface area is 93.3 Å². The lowest BCUT2D eigenvalue weighted by Crippen LogP contribution is -2.10. The number of hydrogen-bond donors (Lipinski definition) is 1. The number of aliphatic hydroxyl groups is 1. The van der Waals surface area contributed by atoms with E-state index in [0.29, 0.717) is 6.61 Å². The van der Waals surface area contributed by atoms with Crippen LogP contribution >= 0.6 is 15.9 Å². The Balaban J connectivity index is 2.14. The summed E-state index contributed by atoms with van der Waals surface area (Å²) in [6.45, 7) is 2.44. The molecule has 1 aliphatic rings. The summed E-state index contributed by atoms with van der Waals surface area (Å²) in [7, 11) is 0. The lowest BCUT2D eigenvalue weighted by atomic mass is 9.96. The molecule has 0 bridgehead atoms. The van der Waals surface area contributed by atoms with Crippen molar-refractivity contribution in [1.82, 2.24) is 0 Å². The number of aliphatic hydroxyl groups excluding tert-OH is 1. The highest BCUT2D eigenvalue weighted by molar-refractivity contribution is 9.10. The van der Waals surface area contributed by atoms with Crippen molar-refractivity contribution in [3.05, 3.63) is 33.8 Å². The monoisotopic (exact) mass is 254 g/mol. The smallest absolute Gasteiger partial charge is 0.0490 e. The third-order valence-corrected chi connectivity index (χ3v) is 3.98. The molecule has 0 spiro atoms. The van der Waals surface area contributed by atoms with Crippen LogP contribution in [0.1, 0.15) is 24.0 Å². The number of benzene rings is 1. The summed E-state index contributed by atoms with van der Waals surface area (Å²) in [5, 5.41) is 9.23. The van der Waals surface area contributed by atoms with Crippen molar-refractivity contribution in [2.45, 2.75) is 26.2 Å². The molecule has 1 aromatic carbocycles. The van der Waals surface area contributed by atoms with E-state index in [1.807, 2.05) is 0 Å². The number of aryl methyl sites for hydroxylation is 1. The molecule has 0 aliphatic heterocycles. The van der Waals surface area contributed by atoms with Gasteiger partial charge in [0.1, 0.15) is 0 Å². The second-order valence-corrected chi connectivity index (χ2v) is 5.27. The lowest BCUT2D eigenvalue weighted by molar-refractivity contribution is 0.211. The van der Waals surface area contributed by atoms with Gasteiger partial charge in [-0.25, -0.2) is 0 Å². The topological polar surface area (TPSA) is 20.2 Å². The first-order chi connectivity index (χ1) is 6.65. The van der Waals surface area contributed by atoms with Crippen LogP contribution in [0.25, 0.3) is 0 Å². The van der Waals surface area contributed by atoms with E-state index in [4.69, 9.17) is 0 Å². The van der Waals surface area contributed by atoms with E-state index in [-0.39, 0.29) is 5.41 Å². The molecular formula is C12H15BrO. The van der Waals surface area contributed by atoms with Gasteiger partial charge in [0.2, 0.25) is 0 Å². The average molecular weight is 255 g/mol. The zero-order valence-corrected chi connectivity index (χ0v) is 9.97. The molecule has 14 heavy (non-hydrogen) atoms. The van der Waals surface area contributed by atoms with Crippen molar-refractivity contribution in [3.63, 3.8) is 0 Å². The minimum atomic E-state index is 0.222. The molecule has 1 fully saturated rings. The number of rotatable bonds is 3. The second-order valence-electron chi connectivity index (χ2n) is 4.42. The molecule has 0 saturated heterocycles. The Kier molecular flexibility index (Phi) is 2.67. The molecule has 0 atom stereocenters. The molecule has 76 valence electrons. The van der Waals surface area contributed by atoms with Gasteiger partial charge < -0.3 is 5.11 Å². The highest BCUT2D eigenvalue weighted by atomic mass is 79.9. The summed E-state index contributed by atoms with van der Waals surface area (Å²) in [4.78, 5) is 0. The standard InChI is InChI=1S/C12H15BrO/c1-9-6-10(2-3-11(9)13)7-12(8-14)4-5-12/h2-3,6,14H,4-5,7-8H2,1H3. The van der Waals surface area contributed by atoms with E-state index in [1.165, 1.54) is 24.0 Å². The molecule has 0 aromatic heterocycles. The Hall–Kier alpha value is -0.340. The maximum Gasteiger partial charge on any atom is 0.0490 e. The van der Waals surface area contributed by atoms with E-state index in [9.17, 15) is 5.11 Å². The molecule has 0 heterocycles. The van der Waals surface area contributed by atoms with Crippen molar-refractivity contribution in [1.29, 1.82) is 0 Å². The third kappa shape index (κ3) is 2.01. The van der Waals surface area contributed by atoms with Crippen LogP contribution in [0.5, 0.6) is 0 Å². The Morgan fingerprint density at radius 1 is 1.43 bits per heavy atom. The zero-order chi connectivity index (χ0) is 10.2. The van der Waals surface area contributed by atoms with E-state index in [1.54, 1.807) is 0 Å². The molecule has 1 aliphatic carbocycles. The molecule has 1 N–H and O–H groups in total. The van der Waals surface area contributed by atoms with Crippen LogP contribution in [0.4, 0.5) is 0 Å². The summed E-state index contributed by atoms with van der Waals surface area (Å²) < 4.78 is 1.16. The van der Waals surface area contributed by atoms with E-state index in [0.717, 1.165) is 10.9 Å². The van der Waals surface area contributed by atoms with E-state index < -0.39 is 0 Å². The average Bonchev–Trinajstić information content (AvgIpc) is 2.93. The fourth-order valence-electron chi connectivity index (χ4n) is 1.82. The van der Waals surface area contributed by atoms with Gasteiger partial charge in [-0.2, -0.15) is 0 Å². The molecule has 0 unspecified atom stereocenters. The van der Waals surface area contributed by atoms with Crippen LogP contribution in [-0.4, -0.2) is 11.7 Å². The molecule has 2 rings (SSSR count). The van der Waals surface area contributed by atoms with Gasteiger partial charge >= 0.3 is 0 Å². The minimum absolute atomic E-state index is 0.222. The van der Waals surface area contributed by atoms with Crippen LogP contribution in [0.3, 0.4) is 0 Å². The van der Waals surface area contributed by atoms with Crippen molar-refractivity contribution in [2.75, 3.05) is 6.61 Å². The summed E-state index contributed by atoms with van der Waals surface area (Å²) in [6, 6.07) is 6.45. The van der Waals surface area contributed by atoms with E-state index >= 15 is 0 Å². The minimum Gasteiger partial charge on any atom is -0.396 e. The summed E-state index contributed by atoms with van der Waals surface area (Å²) in [6.07, 6.45) is 3.38. The zero-order valence-electron chi connectivity index (χ0n) is 8.39. The Morgan fingerprint density at radius 3 is 2.64 bits per heavy atom. The summed E-state index contributed by atoms with van der Waals surface area (Å²) in [5.74, 6) is 0. The molecule has 0 radical (unpaired) electrons. The van der Waals surface area contributed by atoms with Gasteiger partial charge in [0.25, 0.3) is 0 Å². The lowest BCUT2D eigenvalue weighted by Gasteiger charge is -2.12. The number of hydrogen-bond acceptors (Lipinski definition) is 1. The van der Waals surface area contributed by atoms with Gasteiger partial charge in [-0.15, -0.1) is 0 Å². The predicted octanol–water partition coefficient (Wildman–Crippen LogP) is 3.07. The molecule has 1 saturated carbocycles. The highest BCUT2D eigenvalue weighted by Crippen LogP contribution is 2.47.